The quantitative estimate of drug-likeness (QED) is 0.486. The van der Waals surface area contributed by atoms with E-state index < -0.39 is 0 Å². The van der Waals surface area contributed by atoms with Crippen molar-refractivity contribution in [2.24, 2.45) is 0 Å². The molecule has 0 saturated carbocycles. The zero-order valence-corrected chi connectivity index (χ0v) is 11.4. The van der Waals surface area contributed by atoms with Crippen molar-refractivity contribution in [1.29, 1.82) is 0 Å². The van der Waals surface area contributed by atoms with Crippen LogP contribution in [0.15, 0.2) is 0 Å². The molecule has 1 N–H and O–H groups in total. The van der Waals surface area contributed by atoms with Gasteiger partial charge in [-0.05, 0) is 19.9 Å². The lowest BCUT2D eigenvalue weighted by atomic mass is 10.2. The summed E-state index contributed by atoms with van der Waals surface area (Å²) in [4.78, 5) is 0. The first kappa shape index (κ1) is 16.8. The maximum Gasteiger partial charge on any atom is 0.0701 e. The summed E-state index contributed by atoms with van der Waals surface area (Å²) in [7, 11) is 5.34. The van der Waals surface area contributed by atoms with E-state index in [0.717, 1.165) is 26.1 Å². The summed E-state index contributed by atoms with van der Waals surface area (Å²) in [6.07, 6.45) is 2.10. The fourth-order valence-corrected chi connectivity index (χ4v) is 1.41. The normalized spacial score (nSPS) is 12.9. The Hall–Kier alpha value is -0.200. The van der Waals surface area contributed by atoms with E-state index in [0.29, 0.717) is 32.5 Å². The van der Waals surface area contributed by atoms with E-state index in [1.165, 1.54) is 0 Å². The maximum atomic E-state index is 5.45. The van der Waals surface area contributed by atoms with Crippen LogP contribution in [-0.2, 0) is 18.9 Å². The van der Waals surface area contributed by atoms with Crippen molar-refractivity contribution < 1.29 is 18.9 Å². The van der Waals surface area contributed by atoms with Crippen molar-refractivity contribution in [3.05, 3.63) is 0 Å². The molecule has 0 heterocycles. The zero-order valence-electron chi connectivity index (χ0n) is 11.4. The first-order valence-corrected chi connectivity index (χ1v) is 6.15. The molecule has 0 aliphatic heterocycles. The Kier molecular flexibility index (Phi) is 13.7. The zero-order chi connectivity index (χ0) is 12.8. The molecule has 0 aliphatic carbocycles. The van der Waals surface area contributed by atoms with Gasteiger partial charge in [0.2, 0.25) is 0 Å². The second-order valence-corrected chi connectivity index (χ2v) is 3.80. The van der Waals surface area contributed by atoms with Gasteiger partial charge in [-0.1, -0.05) is 0 Å². The Morgan fingerprint density at radius 3 is 2.12 bits per heavy atom. The third-order valence-electron chi connectivity index (χ3n) is 2.42. The van der Waals surface area contributed by atoms with Crippen LogP contribution in [0.2, 0.25) is 0 Å². The molecular formula is C12H27NO4. The van der Waals surface area contributed by atoms with Crippen molar-refractivity contribution in [3.63, 3.8) is 0 Å². The Labute approximate surface area is 105 Å². The van der Waals surface area contributed by atoms with Crippen molar-refractivity contribution in [2.75, 3.05) is 60.9 Å². The van der Waals surface area contributed by atoms with E-state index >= 15 is 0 Å². The van der Waals surface area contributed by atoms with Crippen LogP contribution in [0.1, 0.15) is 12.8 Å². The van der Waals surface area contributed by atoms with E-state index in [2.05, 4.69) is 5.32 Å². The van der Waals surface area contributed by atoms with Gasteiger partial charge in [0.1, 0.15) is 0 Å². The third-order valence-corrected chi connectivity index (χ3v) is 2.42. The van der Waals surface area contributed by atoms with Crippen LogP contribution in [0.4, 0.5) is 0 Å². The summed E-state index contributed by atoms with van der Waals surface area (Å²) >= 11 is 0. The van der Waals surface area contributed by atoms with Crippen molar-refractivity contribution in [3.8, 4) is 0 Å². The summed E-state index contributed by atoms with van der Waals surface area (Å²) in [6, 6.07) is 0.418. The van der Waals surface area contributed by atoms with E-state index in [-0.39, 0.29) is 0 Å². The lowest BCUT2D eigenvalue weighted by Gasteiger charge is -2.14. The highest BCUT2D eigenvalue weighted by Gasteiger charge is 2.04. The minimum Gasteiger partial charge on any atom is -0.383 e. The minimum absolute atomic E-state index is 0.418. The number of ether oxygens (including phenoxy) is 4. The molecule has 0 spiro atoms. The summed E-state index contributed by atoms with van der Waals surface area (Å²) in [5.41, 5.74) is 0. The van der Waals surface area contributed by atoms with Gasteiger partial charge in [0.15, 0.2) is 0 Å². The Balaban J connectivity index is 3.11. The van der Waals surface area contributed by atoms with Gasteiger partial charge in [-0.15, -0.1) is 0 Å². The van der Waals surface area contributed by atoms with Gasteiger partial charge in [0, 0.05) is 26.9 Å². The fourth-order valence-electron chi connectivity index (χ4n) is 1.41. The number of likely N-dealkylation sites (N-methyl/N-ethyl adjacent to an activating group) is 1. The van der Waals surface area contributed by atoms with E-state index in [4.69, 9.17) is 18.9 Å². The van der Waals surface area contributed by atoms with Gasteiger partial charge in [0.25, 0.3) is 0 Å². The number of hydrogen-bond acceptors (Lipinski definition) is 5. The number of nitrogens with one attached hydrogen (secondary N) is 1. The lowest BCUT2D eigenvalue weighted by Crippen LogP contribution is -2.30. The van der Waals surface area contributed by atoms with Crippen molar-refractivity contribution in [1.82, 2.24) is 5.32 Å². The highest BCUT2D eigenvalue weighted by atomic mass is 16.5. The van der Waals surface area contributed by atoms with Crippen LogP contribution in [-0.4, -0.2) is 67.0 Å². The fraction of sp³-hybridized carbons (Fsp3) is 1.00. The van der Waals surface area contributed by atoms with E-state index in [1.54, 1.807) is 14.2 Å². The number of rotatable bonds is 13. The maximum absolute atomic E-state index is 5.45. The molecule has 104 valence electrons. The van der Waals surface area contributed by atoms with E-state index in [9.17, 15) is 0 Å². The molecular weight excluding hydrogens is 222 g/mol. The predicted octanol–water partition coefficient (Wildman–Crippen LogP) is 0.681. The predicted molar refractivity (Wildman–Crippen MR) is 67.5 cm³/mol. The van der Waals surface area contributed by atoms with Gasteiger partial charge in [0.05, 0.1) is 33.0 Å². The molecule has 1 atom stereocenters. The van der Waals surface area contributed by atoms with Gasteiger partial charge in [-0.25, -0.2) is 0 Å². The monoisotopic (exact) mass is 249 g/mol. The molecule has 5 nitrogen and oxygen atoms in total. The summed E-state index contributed by atoms with van der Waals surface area (Å²) in [5, 5.41) is 3.21. The topological polar surface area (TPSA) is 49.0 Å². The number of hydrogen-bond donors (Lipinski definition) is 1. The van der Waals surface area contributed by atoms with Crippen molar-refractivity contribution in [2.45, 2.75) is 18.9 Å². The molecule has 0 aliphatic rings. The smallest absolute Gasteiger partial charge is 0.0701 e. The SMILES string of the molecule is CNC(CCCOCCOCCOC)COC. The Bertz CT molecular complexity index is 146. The van der Waals surface area contributed by atoms with Crippen LogP contribution in [0.3, 0.4) is 0 Å². The van der Waals surface area contributed by atoms with Gasteiger partial charge < -0.3 is 24.3 Å². The molecule has 0 aromatic heterocycles. The molecule has 0 radical (unpaired) electrons. The first-order chi connectivity index (χ1) is 8.35. The highest BCUT2D eigenvalue weighted by molar-refractivity contribution is 4.62. The number of methoxy groups -OCH3 is 2. The van der Waals surface area contributed by atoms with Gasteiger partial charge in [-0.2, -0.15) is 0 Å². The van der Waals surface area contributed by atoms with Gasteiger partial charge >= 0.3 is 0 Å². The Morgan fingerprint density at radius 2 is 1.53 bits per heavy atom. The van der Waals surface area contributed by atoms with Crippen LogP contribution >= 0.6 is 0 Å². The Morgan fingerprint density at radius 1 is 0.882 bits per heavy atom. The standard InChI is InChI=1S/C12H27NO4/c1-13-12(11-15-3)5-4-6-16-9-10-17-8-7-14-2/h12-13H,4-11H2,1-3H3. The second kappa shape index (κ2) is 13.9. The van der Waals surface area contributed by atoms with Crippen molar-refractivity contribution >= 4 is 0 Å². The van der Waals surface area contributed by atoms with Crippen LogP contribution in [0.5, 0.6) is 0 Å². The van der Waals surface area contributed by atoms with Crippen LogP contribution in [0.25, 0.3) is 0 Å². The molecule has 0 bridgehead atoms. The second-order valence-electron chi connectivity index (χ2n) is 3.80. The molecule has 0 aromatic carbocycles. The minimum atomic E-state index is 0.418. The molecule has 1 unspecified atom stereocenters. The molecule has 0 saturated heterocycles. The average Bonchev–Trinajstić information content (AvgIpc) is 2.35. The van der Waals surface area contributed by atoms with Crippen LogP contribution < -0.4 is 5.32 Å². The first-order valence-electron chi connectivity index (χ1n) is 6.15. The molecule has 17 heavy (non-hydrogen) atoms. The highest BCUT2D eigenvalue weighted by Crippen LogP contribution is 1.97. The largest absolute Gasteiger partial charge is 0.383 e. The van der Waals surface area contributed by atoms with Crippen LogP contribution in [0, 0.1) is 0 Å². The summed E-state index contributed by atoms with van der Waals surface area (Å²) in [5.74, 6) is 0. The third kappa shape index (κ3) is 12.1. The summed E-state index contributed by atoms with van der Waals surface area (Å²) in [6.45, 7) is 4.08. The van der Waals surface area contributed by atoms with Gasteiger partial charge in [-0.3, -0.25) is 0 Å². The summed E-state index contributed by atoms with van der Waals surface area (Å²) < 4.78 is 20.7. The lowest BCUT2D eigenvalue weighted by molar-refractivity contribution is 0.0232. The molecule has 0 aromatic rings. The average molecular weight is 249 g/mol. The molecule has 0 rings (SSSR count). The molecule has 0 amide bonds. The van der Waals surface area contributed by atoms with E-state index in [1.807, 2.05) is 7.05 Å². The molecule has 0 fully saturated rings. The molecule has 5 heteroatoms.